The van der Waals surface area contributed by atoms with Crippen molar-refractivity contribution in [3.05, 3.63) is 11.9 Å². The second-order valence-corrected chi connectivity index (χ2v) is 4.92. The van der Waals surface area contributed by atoms with Gasteiger partial charge in [-0.25, -0.2) is 4.68 Å². The van der Waals surface area contributed by atoms with Gasteiger partial charge in [0.15, 0.2) is 5.69 Å². The molecule has 3 N–H and O–H groups in total. The molecule has 1 aromatic rings. The fraction of sp³-hybridized carbons (Fsp3) is 0.727. The topological polar surface area (TPSA) is 92.1 Å². The summed E-state index contributed by atoms with van der Waals surface area (Å²) in [4.78, 5) is 12.0. The summed E-state index contributed by atoms with van der Waals surface area (Å²) in [6, 6.07) is 0.287. The van der Waals surface area contributed by atoms with Crippen LogP contribution in [0.1, 0.15) is 36.8 Å². The van der Waals surface area contributed by atoms with Crippen molar-refractivity contribution in [2.45, 2.75) is 31.8 Å². The Morgan fingerprint density at radius 1 is 1.72 bits per heavy atom. The summed E-state index contributed by atoms with van der Waals surface area (Å²) in [6.07, 6.45) is 2.30. The van der Waals surface area contributed by atoms with Crippen LogP contribution in [-0.4, -0.2) is 51.2 Å². The molecule has 0 saturated carbocycles. The third-order valence-corrected chi connectivity index (χ3v) is 3.42. The Morgan fingerprint density at radius 2 is 2.44 bits per heavy atom. The third-order valence-electron chi connectivity index (χ3n) is 3.42. The predicted molar refractivity (Wildman–Crippen MR) is 65.2 cm³/mol. The first-order valence-electron chi connectivity index (χ1n) is 6.14. The van der Waals surface area contributed by atoms with Crippen LogP contribution in [0.2, 0.25) is 0 Å². The first-order chi connectivity index (χ1) is 8.58. The molecule has 1 aromatic heterocycles. The predicted octanol–water partition coefficient (Wildman–Crippen LogP) is -0.687. The number of nitrogens with one attached hydrogen (secondary N) is 2. The molecule has 1 saturated heterocycles. The summed E-state index contributed by atoms with van der Waals surface area (Å²) in [7, 11) is 0. The van der Waals surface area contributed by atoms with Gasteiger partial charge in [0.1, 0.15) is 0 Å². The van der Waals surface area contributed by atoms with Crippen LogP contribution in [0.15, 0.2) is 6.20 Å². The smallest absolute Gasteiger partial charge is 0.273 e. The monoisotopic (exact) mass is 253 g/mol. The summed E-state index contributed by atoms with van der Waals surface area (Å²) < 4.78 is 1.70. The summed E-state index contributed by atoms with van der Waals surface area (Å²) in [6.45, 7) is 5.32. The van der Waals surface area contributed by atoms with Crippen LogP contribution in [0.4, 0.5) is 0 Å². The van der Waals surface area contributed by atoms with Gasteiger partial charge >= 0.3 is 0 Å². The molecule has 2 rings (SSSR count). The second kappa shape index (κ2) is 5.03. The number of amides is 1. The van der Waals surface area contributed by atoms with Gasteiger partial charge in [0.25, 0.3) is 5.91 Å². The number of aromatic nitrogens is 3. The maximum absolute atomic E-state index is 12.0. The lowest BCUT2D eigenvalue weighted by Gasteiger charge is -2.27. The summed E-state index contributed by atoms with van der Waals surface area (Å²) in [5, 5.41) is 23.0. The van der Waals surface area contributed by atoms with Gasteiger partial charge in [-0.2, -0.15) is 0 Å². The van der Waals surface area contributed by atoms with Gasteiger partial charge < -0.3 is 15.7 Å². The Kier molecular flexibility index (Phi) is 3.63. The van der Waals surface area contributed by atoms with Crippen LogP contribution >= 0.6 is 0 Å². The minimum atomic E-state index is -0.612. The molecule has 0 aliphatic carbocycles. The second-order valence-electron chi connectivity index (χ2n) is 4.92. The Hall–Kier alpha value is -1.47. The van der Waals surface area contributed by atoms with Crippen molar-refractivity contribution in [1.82, 2.24) is 25.6 Å². The van der Waals surface area contributed by atoms with E-state index in [1.54, 1.807) is 17.8 Å². The number of carbonyl (C=O) groups excluding carboxylic acids is 1. The zero-order valence-corrected chi connectivity index (χ0v) is 10.7. The number of aliphatic hydroxyl groups excluding tert-OH is 1. The van der Waals surface area contributed by atoms with E-state index in [-0.39, 0.29) is 24.2 Å². The molecule has 1 unspecified atom stereocenters. The number of nitrogens with zero attached hydrogens (tertiary/aromatic N) is 3. The average molecular weight is 253 g/mol. The van der Waals surface area contributed by atoms with E-state index in [0.717, 1.165) is 13.1 Å². The number of rotatable bonds is 5. The molecule has 0 aromatic carbocycles. The molecule has 0 radical (unpaired) electrons. The molecule has 2 heterocycles. The van der Waals surface area contributed by atoms with Crippen LogP contribution in [0.25, 0.3) is 0 Å². The van der Waals surface area contributed by atoms with E-state index in [9.17, 15) is 9.90 Å². The van der Waals surface area contributed by atoms with Gasteiger partial charge in [0.05, 0.1) is 24.4 Å². The highest BCUT2D eigenvalue weighted by Gasteiger charge is 2.26. The van der Waals surface area contributed by atoms with Crippen molar-refractivity contribution in [3.63, 3.8) is 0 Å². The lowest BCUT2D eigenvalue weighted by atomic mass is 10.0. The molecule has 1 amide bonds. The molecule has 1 aliphatic rings. The van der Waals surface area contributed by atoms with Crippen molar-refractivity contribution in [2.75, 3.05) is 19.7 Å². The lowest BCUT2D eigenvalue weighted by molar-refractivity contribution is 0.0842. The van der Waals surface area contributed by atoms with Crippen molar-refractivity contribution >= 4 is 5.91 Å². The largest absolute Gasteiger partial charge is 0.394 e. The number of aliphatic hydroxyl groups is 1. The molecular formula is C11H19N5O2. The van der Waals surface area contributed by atoms with E-state index < -0.39 is 5.54 Å². The molecule has 0 spiro atoms. The molecule has 1 fully saturated rings. The van der Waals surface area contributed by atoms with Gasteiger partial charge in [-0.05, 0) is 13.3 Å². The summed E-state index contributed by atoms with van der Waals surface area (Å²) in [5.74, 6) is -0.299. The highest BCUT2D eigenvalue weighted by atomic mass is 16.3. The van der Waals surface area contributed by atoms with E-state index in [0.29, 0.717) is 6.42 Å². The van der Waals surface area contributed by atoms with Gasteiger partial charge in [0.2, 0.25) is 0 Å². The van der Waals surface area contributed by atoms with Crippen LogP contribution in [0.3, 0.4) is 0 Å². The fourth-order valence-electron chi connectivity index (χ4n) is 1.60. The number of hydrogen-bond acceptors (Lipinski definition) is 5. The first kappa shape index (κ1) is 13.0. The van der Waals surface area contributed by atoms with Gasteiger partial charge in [0, 0.05) is 13.1 Å². The van der Waals surface area contributed by atoms with E-state index in [1.807, 2.05) is 6.92 Å². The zero-order chi connectivity index (χ0) is 13.2. The normalized spacial score (nSPS) is 19.1. The molecule has 7 heteroatoms. The van der Waals surface area contributed by atoms with Crippen molar-refractivity contribution in [3.8, 4) is 0 Å². The molecule has 18 heavy (non-hydrogen) atoms. The average Bonchev–Trinajstić information content (AvgIpc) is 2.76. The Bertz CT molecular complexity index is 423. The van der Waals surface area contributed by atoms with Crippen molar-refractivity contribution in [1.29, 1.82) is 0 Å². The van der Waals surface area contributed by atoms with Gasteiger partial charge in [-0.15, -0.1) is 5.10 Å². The maximum Gasteiger partial charge on any atom is 0.273 e. The quantitative estimate of drug-likeness (QED) is 0.646. The van der Waals surface area contributed by atoms with E-state index in [1.165, 1.54) is 0 Å². The summed E-state index contributed by atoms with van der Waals surface area (Å²) in [5.41, 5.74) is -0.325. The summed E-state index contributed by atoms with van der Waals surface area (Å²) >= 11 is 0. The molecule has 7 nitrogen and oxygen atoms in total. The standard InChI is InChI=1S/C11H19N5O2/c1-3-11(2,7-17)13-10(18)9-6-16(15-14-9)8-4-12-5-8/h6,8,12,17H,3-5,7H2,1-2H3,(H,13,18). The Labute approximate surface area is 106 Å². The van der Waals surface area contributed by atoms with E-state index in [2.05, 4.69) is 20.9 Å². The fourth-order valence-corrected chi connectivity index (χ4v) is 1.60. The Balaban J connectivity index is 2.02. The molecule has 1 aliphatic heterocycles. The highest BCUT2D eigenvalue weighted by Crippen LogP contribution is 2.12. The zero-order valence-electron chi connectivity index (χ0n) is 10.7. The van der Waals surface area contributed by atoms with E-state index in [4.69, 9.17) is 0 Å². The van der Waals surface area contributed by atoms with Crippen molar-refractivity contribution < 1.29 is 9.90 Å². The maximum atomic E-state index is 12.0. The first-order valence-corrected chi connectivity index (χ1v) is 6.14. The van der Waals surface area contributed by atoms with E-state index >= 15 is 0 Å². The lowest BCUT2D eigenvalue weighted by Crippen LogP contribution is -2.48. The highest BCUT2D eigenvalue weighted by molar-refractivity contribution is 5.92. The van der Waals surface area contributed by atoms with Crippen LogP contribution in [-0.2, 0) is 0 Å². The third kappa shape index (κ3) is 2.51. The van der Waals surface area contributed by atoms with Gasteiger partial charge in [-0.3, -0.25) is 4.79 Å². The minimum absolute atomic E-state index is 0.101. The SMILES string of the molecule is CCC(C)(CO)NC(=O)c1cn(C2CNC2)nn1. The molecule has 0 bridgehead atoms. The Morgan fingerprint density at radius 3 is 2.94 bits per heavy atom. The molecular weight excluding hydrogens is 234 g/mol. The minimum Gasteiger partial charge on any atom is -0.394 e. The van der Waals surface area contributed by atoms with Gasteiger partial charge in [-0.1, -0.05) is 12.1 Å². The van der Waals surface area contributed by atoms with Crippen LogP contribution in [0.5, 0.6) is 0 Å². The molecule has 1 atom stereocenters. The van der Waals surface area contributed by atoms with Crippen LogP contribution < -0.4 is 10.6 Å². The number of hydrogen-bond donors (Lipinski definition) is 3. The number of carbonyl (C=O) groups is 1. The van der Waals surface area contributed by atoms with Crippen LogP contribution in [0, 0.1) is 0 Å². The van der Waals surface area contributed by atoms with Crippen molar-refractivity contribution in [2.24, 2.45) is 0 Å². The molecule has 100 valence electrons.